The Labute approximate surface area is 129 Å². The van der Waals surface area contributed by atoms with Crippen LogP contribution in [0.1, 0.15) is 36.8 Å². The first-order valence-corrected chi connectivity index (χ1v) is 9.98. The maximum Gasteiger partial charge on any atom is 0.150 e. The van der Waals surface area contributed by atoms with Crippen LogP contribution in [0.15, 0.2) is 18.2 Å². The van der Waals surface area contributed by atoms with Crippen molar-refractivity contribution in [3.8, 4) is 5.75 Å². The van der Waals surface area contributed by atoms with Gasteiger partial charge in [-0.05, 0) is 32.3 Å². The molecule has 0 radical (unpaired) electrons. The predicted molar refractivity (Wildman–Crippen MR) is 85.3 cm³/mol. The first-order chi connectivity index (χ1) is 9.40. The Balaban J connectivity index is 2.10. The summed E-state index contributed by atoms with van der Waals surface area (Å²) < 4.78 is 29.4. The van der Waals surface area contributed by atoms with Crippen molar-refractivity contribution in [2.24, 2.45) is 0 Å². The van der Waals surface area contributed by atoms with Crippen LogP contribution in [0.5, 0.6) is 5.75 Å². The number of sulfone groups is 1. The topological polar surface area (TPSA) is 43.4 Å². The van der Waals surface area contributed by atoms with Crippen LogP contribution in [0.25, 0.3) is 0 Å². The van der Waals surface area contributed by atoms with Crippen molar-refractivity contribution < 1.29 is 13.2 Å². The van der Waals surface area contributed by atoms with E-state index >= 15 is 0 Å². The number of benzene rings is 1. The molecule has 1 aliphatic carbocycles. The molecule has 1 saturated carbocycles. The standard InChI is InChI=1S/C15H21BrO3S/c1-11-6-7-15(12(8-11)10-16)19-13-4-3-5-14(9-13)20(2,17)18/h6-8,13-14H,3-5,9-10H2,1-2H3. The van der Waals surface area contributed by atoms with Gasteiger partial charge in [0.2, 0.25) is 0 Å². The van der Waals surface area contributed by atoms with Gasteiger partial charge in [-0.15, -0.1) is 0 Å². The average molecular weight is 361 g/mol. The van der Waals surface area contributed by atoms with Crippen LogP contribution in [0, 0.1) is 6.92 Å². The van der Waals surface area contributed by atoms with Crippen LogP contribution in [-0.4, -0.2) is 26.0 Å². The Kier molecular flexibility index (Phi) is 5.13. The van der Waals surface area contributed by atoms with Gasteiger partial charge >= 0.3 is 0 Å². The maximum absolute atomic E-state index is 11.7. The van der Waals surface area contributed by atoms with Crippen molar-refractivity contribution in [3.63, 3.8) is 0 Å². The van der Waals surface area contributed by atoms with Gasteiger partial charge in [0.15, 0.2) is 0 Å². The van der Waals surface area contributed by atoms with Crippen LogP contribution in [-0.2, 0) is 15.2 Å². The average Bonchev–Trinajstić information content (AvgIpc) is 2.40. The molecule has 1 aromatic carbocycles. The zero-order valence-corrected chi connectivity index (χ0v) is 14.3. The highest BCUT2D eigenvalue weighted by Crippen LogP contribution is 2.30. The van der Waals surface area contributed by atoms with Gasteiger partial charge in [0.25, 0.3) is 0 Å². The van der Waals surface area contributed by atoms with Gasteiger partial charge in [-0.25, -0.2) is 8.42 Å². The van der Waals surface area contributed by atoms with Gasteiger partial charge in [-0.3, -0.25) is 0 Å². The van der Waals surface area contributed by atoms with Crippen LogP contribution in [0.4, 0.5) is 0 Å². The summed E-state index contributed by atoms with van der Waals surface area (Å²) in [5.41, 5.74) is 2.32. The zero-order valence-electron chi connectivity index (χ0n) is 11.9. The molecule has 2 unspecified atom stereocenters. The molecular formula is C15H21BrO3S. The summed E-state index contributed by atoms with van der Waals surface area (Å²) in [5.74, 6) is 0.867. The van der Waals surface area contributed by atoms with E-state index in [0.29, 0.717) is 6.42 Å². The van der Waals surface area contributed by atoms with E-state index in [0.717, 1.165) is 35.9 Å². The molecule has 0 N–H and O–H groups in total. The molecule has 0 heterocycles. The van der Waals surface area contributed by atoms with E-state index in [4.69, 9.17) is 4.74 Å². The van der Waals surface area contributed by atoms with Crippen molar-refractivity contribution in [2.75, 3.05) is 6.26 Å². The third-order valence-corrected chi connectivity index (χ3v) is 6.08. The molecule has 0 spiro atoms. The second-order valence-corrected chi connectivity index (χ2v) is 8.49. The minimum Gasteiger partial charge on any atom is -0.490 e. The van der Waals surface area contributed by atoms with Gasteiger partial charge < -0.3 is 4.74 Å². The molecule has 0 amide bonds. The predicted octanol–water partition coefficient (Wildman–Crippen LogP) is 3.62. The van der Waals surface area contributed by atoms with E-state index in [2.05, 4.69) is 28.9 Å². The lowest BCUT2D eigenvalue weighted by molar-refractivity contribution is 0.155. The molecule has 2 rings (SSSR count). The van der Waals surface area contributed by atoms with E-state index in [1.807, 2.05) is 12.1 Å². The van der Waals surface area contributed by atoms with Gasteiger partial charge in [0.05, 0.1) is 11.4 Å². The SMILES string of the molecule is Cc1ccc(OC2CCCC(S(C)(=O)=O)C2)c(CBr)c1. The number of hydrogen-bond donors (Lipinski definition) is 0. The first kappa shape index (κ1) is 15.8. The lowest BCUT2D eigenvalue weighted by atomic mass is 9.97. The summed E-state index contributed by atoms with van der Waals surface area (Å²) in [6.45, 7) is 2.05. The Hall–Kier alpha value is -0.550. The molecule has 20 heavy (non-hydrogen) atoms. The highest BCUT2D eigenvalue weighted by atomic mass is 79.9. The van der Waals surface area contributed by atoms with Crippen LogP contribution >= 0.6 is 15.9 Å². The minimum absolute atomic E-state index is 0.00369. The summed E-state index contributed by atoms with van der Waals surface area (Å²) in [7, 11) is -2.96. The Morgan fingerprint density at radius 3 is 2.75 bits per heavy atom. The summed E-state index contributed by atoms with van der Waals surface area (Å²) in [6, 6.07) is 6.11. The van der Waals surface area contributed by atoms with Gasteiger partial charge in [0.1, 0.15) is 15.6 Å². The smallest absolute Gasteiger partial charge is 0.150 e. The first-order valence-electron chi connectivity index (χ1n) is 6.91. The van der Waals surface area contributed by atoms with Crippen molar-refractivity contribution >= 4 is 25.8 Å². The number of alkyl halides is 1. The van der Waals surface area contributed by atoms with Crippen LogP contribution in [0.3, 0.4) is 0 Å². The quantitative estimate of drug-likeness (QED) is 0.770. The molecule has 2 atom stereocenters. The number of rotatable bonds is 4. The molecule has 3 nitrogen and oxygen atoms in total. The molecule has 0 aromatic heterocycles. The Morgan fingerprint density at radius 2 is 2.10 bits per heavy atom. The van der Waals surface area contributed by atoms with E-state index in [1.54, 1.807) is 0 Å². The van der Waals surface area contributed by atoms with Gasteiger partial charge in [-0.1, -0.05) is 33.6 Å². The summed E-state index contributed by atoms with van der Waals surface area (Å²) in [4.78, 5) is 0. The molecule has 5 heteroatoms. The normalized spacial score (nSPS) is 23.6. The van der Waals surface area contributed by atoms with E-state index in [-0.39, 0.29) is 11.4 Å². The molecule has 1 aliphatic rings. The number of halogens is 1. The van der Waals surface area contributed by atoms with Gasteiger partial charge in [0, 0.05) is 23.6 Å². The van der Waals surface area contributed by atoms with E-state index < -0.39 is 9.84 Å². The molecular weight excluding hydrogens is 340 g/mol. The minimum atomic E-state index is -2.96. The highest BCUT2D eigenvalue weighted by molar-refractivity contribution is 9.08. The van der Waals surface area contributed by atoms with Crippen molar-refractivity contribution in [2.45, 2.75) is 49.3 Å². The lowest BCUT2D eigenvalue weighted by Gasteiger charge is -2.29. The van der Waals surface area contributed by atoms with E-state index in [1.165, 1.54) is 11.8 Å². The molecule has 112 valence electrons. The van der Waals surface area contributed by atoms with Crippen molar-refractivity contribution in [1.82, 2.24) is 0 Å². The number of hydrogen-bond acceptors (Lipinski definition) is 3. The number of aryl methyl sites for hydroxylation is 1. The third kappa shape index (κ3) is 3.98. The lowest BCUT2D eigenvalue weighted by Crippen LogP contribution is -2.33. The molecule has 0 bridgehead atoms. The van der Waals surface area contributed by atoms with Crippen LogP contribution in [0.2, 0.25) is 0 Å². The second-order valence-electron chi connectivity index (χ2n) is 5.60. The molecule has 0 aliphatic heterocycles. The Morgan fingerprint density at radius 1 is 1.35 bits per heavy atom. The Bertz CT molecular complexity index is 568. The monoisotopic (exact) mass is 360 g/mol. The highest BCUT2D eigenvalue weighted by Gasteiger charge is 2.30. The molecule has 1 fully saturated rings. The van der Waals surface area contributed by atoms with E-state index in [9.17, 15) is 8.42 Å². The largest absolute Gasteiger partial charge is 0.490 e. The van der Waals surface area contributed by atoms with Crippen molar-refractivity contribution in [3.05, 3.63) is 29.3 Å². The summed E-state index contributed by atoms with van der Waals surface area (Å²) in [6.07, 6.45) is 4.55. The fourth-order valence-electron chi connectivity index (χ4n) is 2.71. The van der Waals surface area contributed by atoms with Crippen LogP contribution < -0.4 is 4.74 Å². The van der Waals surface area contributed by atoms with Gasteiger partial charge in [-0.2, -0.15) is 0 Å². The van der Waals surface area contributed by atoms with Crippen molar-refractivity contribution in [1.29, 1.82) is 0 Å². The molecule has 1 aromatic rings. The second kappa shape index (κ2) is 6.48. The summed E-state index contributed by atoms with van der Waals surface area (Å²) >= 11 is 3.48. The molecule has 0 saturated heterocycles. The summed E-state index contributed by atoms with van der Waals surface area (Å²) in [5, 5.41) is 0.491. The third-order valence-electron chi connectivity index (χ3n) is 3.84. The fourth-order valence-corrected chi connectivity index (χ4v) is 4.30. The number of ether oxygens (including phenoxy) is 1. The fraction of sp³-hybridized carbons (Fsp3) is 0.600. The zero-order chi connectivity index (χ0) is 14.8. The maximum atomic E-state index is 11.7.